The molecule has 1 amide bonds. The number of oxazole rings is 1. The van der Waals surface area contributed by atoms with Crippen LogP contribution in [0.2, 0.25) is 0 Å². The number of nitrogen functional groups attached to an aromatic ring is 1. The topological polar surface area (TPSA) is 107 Å². The van der Waals surface area contributed by atoms with Crippen LogP contribution in [0.1, 0.15) is 21.5 Å². The summed E-state index contributed by atoms with van der Waals surface area (Å²) < 4.78 is 5.19. The molecule has 0 atom stereocenters. The Morgan fingerprint density at radius 1 is 1.62 bits per heavy atom. The van der Waals surface area contributed by atoms with E-state index in [1.807, 2.05) is 0 Å². The molecule has 16 heavy (non-hydrogen) atoms. The molecule has 2 rings (SSSR count). The Hall–Kier alpha value is -1.96. The van der Waals surface area contributed by atoms with Crippen LogP contribution in [-0.2, 0) is 6.54 Å². The average molecular weight is 239 g/mol. The Labute approximate surface area is 94.7 Å². The molecule has 0 bridgehead atoms. The number of aromatic nitrogens is 3. The van der Waals surface area contributed by atoms with Gasteiger partial charge in [-0.1, -0.05) is 11.3 Å². The van der Waals surface area contributed by atoms with Gasteiger partial charge in [-0.25, -0.2) is 4.98 Å². The molecule has 3 N–H and O–H groups in total. The van der Waals surface area contributed by atoms with Crippen LogP contribution in [0, 0.1) is 6.92 Å². The molecule has 0 saturated heterocycles. The van der Waals surface area contributed by atoms with E-state index in [4.69, 9.17) is 10.2 Å². The summed E-state index contributed by atoms with van der Waals surface area (Å²) in [5, 5.41) is 10.2. The second-order valence-electron chi connectivity index (χ2n) is 2.99. The maximum atomic E-state index is 11.5. The highest BCUT2D eigenvalue weighted by molar-refractivity contribution is 7.16. The van der Waals surface area contributed by atoms with E-state index >= 15 is 0 Å². The van der Waals surface area contributed by atoms with Crippen LogP contribution in [0.3, 0.4) is 0 Å². The lowest BCUT2D eigenvalue weighted by atomic mass is 10.5. The fourth-order valence-electron chi connectivity index (χ4n) is 1.04. The van der Waals surface area contributed by atoms with E-state index in [0.717, 1.165) is 11.3 Å². The Bertz CT molecular complexity index is 506. The second kappa shape index (κ2) is 4.27. The number of anilines is 1. The third-order valence-corrected chi connectivity index (χ3v) is 2.46. The quantitative estimate of drug-likeness (QED) is 0.800. The zero-order chi connectivity index (χ0) is 11.5. The van der Waals surface area contributed by atoms with Crippen LogP contribution in [0.5, 0.6) is 0 Å². The van der Waals surface area contributed by atoms with E-state index < -0.39 is 0 Å². The van der Waals surface area contributed by atoms with Gasteiger partial charge in [-0.3, -0.25) is 4.79 Å². The Balaban J connectivity index is 1.93. The van der Waals surface area contributed by atoms with E-state index in [1.54, 1.807) is 13.1 Å². The summed E-state index contributed by atoms with van der Waals surface area (Å²) in [4.78, 5) is 15.5. The molecule has 0 unspecified atom stereocenters. The highest BCUT2D eigenvalue weighted by Crippen LogP contribution is 2.10. The first-order valence-corrected chi connectivity index (χ1v) is 5.25. The van der Waals surface area contributed by atoms with Crippen molar-refractivity contribution in [3.05, 3.63) is 22.9 Å². The van der Waals surface area contributed by atoms with Gasteiger partial charge < -0.3 is 15.5 Å². The summed E-state index contributed by atoms with van der Waals surface area (Å²) in [7, 11) is 0. The number of carbonyl (C=O) groups is 1. The maximum Gasteiger partial charge on any atom is 0.282 e. The van der Waals surface area contributed by atoms with Crippen LogP contribution in [0.15, 0.2) is 10.6 Å². The van der Waals surface area contributed by atoms with Crippen molar-refractivity contribution in [2.75, 3.05) is 5.73 Å². The third kappa shape index (κ3) is 2.34. The Morgan fingerprint density at radius 2 is 2.44 bits per heavy atom. The molecule has 2 heterocycles. The number of hydrogen-bond donors (Lipinski definition) is 2. The van der Waals surface area contributed by atoms with Crippen LogP contribution in [-0.4, -0.2) is 21.1 Å². The smallest absolute Gasteiger partial charge is 0.282 e. The summed E-state index contributed by atoms with van der Waals surface area (Å²) in [6, 6.07) is 0. The van der Waals surface area contributed by atoms with Crippen molar-refractivity contribution in [2.24, 2.45) is 0 Å². The second-order valence-corrected chi connectivity index (χ2v) is 4.00. The monoisotopic (exact) mass is 239 g/mol. The predicted octanol–water partition coefficient (Wildman–Crippen LogP) is 0.347. The van der Waals surface area contributed by atoms with E-state index in [0.29, 0.717) is 11.7 Å². The van der Waals surface area contributed by atoms with Gasteiger partial charge in [0.2, 0.25) is 16.0 Å². The standard InChI is InChI=1S/C8H9N5O2S/c1-4-2-10-5(15-4)3-11-6(14)7-12-13-8(9)16-7/h2H,3H2,1H3,(H2,9,13)(H,11,14). The zero-order valence-corrected chi connectivity index (χ0v) is 9.24. The van der Waals surface area contributed by atoms with Crippen molar-refractivity contribution >= 4 is 22.4 Å². The number of aryl methyl sites for hydroxylation is 1. The number of rotatable bonds is 3. The fourth-order valence-corrected chi connectivity index (χ4v) is 1.57. The Kier molecular flexibility index (Phi) is 2.82. The summed E-state index contributed by atoms with van der Waals surface area (Å²) in [5.41, 5.74) is 5.36. The fraction of sp³-hybridized carbons (Fsp3) is 0.250. The summed E-state index contributed by atoms with van der Waals surface area (Å²) >= 11 is 1.03. The van der Waals surface area contributed by atoms with Gasteiger partial charge in [-0.05, 0) is 6.92 Å². The lowest BCUT2D eigenvalue weighted by Crippen LogP contribution is -2.22. The van der Waals surface area contributed by atoms with E-state index in [-0.39, 0.29) is 22.6 Å². The third-order valence-electron chi connectivity index (χ3n) is 1.70. The number of hydrogen-bond acceptors (Lipinski definition) is 7. The minimum Gasteiger partial charge on any atom is -0.444 e. The lowest BCUT2D eigenvalue weighted by Gasteiger charge is -1.97. The minimum absolute atomic E-state index is 0.214. The highest BCUT2D eigenvalue weighted by Gasteiger charge is 2.12. The summed E-state index contributed by atoms with van der Waals surface area (Å²) in [6.45, 7) is 2.00. The molecule has 8 heteroatoms. The molecule has 0 spiro atoms. The molecule has 0 aliphatic rings. The number of nitrogens with zero attached hydrogens (tertiary/aromatic N) is 3. The van der Waals surface area contributed by atoms with Gasteiger partial charge in [0.15, 0.2) is 0 Å². The first-order valence-electron chi connectivity index (χ1n) is 4.43. The molecule has 0 aliphatic heterocycles. The maximum absolute atomic E-state index is 11.5. The molecule has 84 valence electrons. The molecular weight excluding hydrogens is 230 g/mol. The molecule has 0 fully saturated rings. The molecule has 0 saturated carbocycles. The van der Waals surface area contributed by atoms with Crippen molar-refractivity contribution in [3.63, 3.8) is 0 Å². The molecule has 2 aromatic rings. The number of amides is 1. The van der Waals surface area contributed by atoms with Crippen LogP contribution < -0.4 is 11.1 Å². The summed E-state index contributed by atoms with van der Waals surface area (Å²) in [6.07, 6.45) is 1.59. The number of nitrogens with two attached hydrogens (primary N) is 1. The van der Waals surface area contributed by atoms with Crippen LogP contribution >= 0.6 is 11.3 Å². The largest absolute Gasteiger partial charge is 0.444 e. The van der Waals surface area contributed by atoms with Gasteiger partial charge in [-0.2, -0.15) is 0 Å². The lowest BCUT2D eigenvalue weighted by molar-refractivity contribution is 0.0946. The first kappa shape index (κ1) is 10.6. The van der Waals surface area contributed by atoms with E-state index in [1.165, 1.54) is 0 Å². The zero-order valence-electron chi connectivity index (χ0n) is 8.43. The van der Waals surface area contributed by atoms with Crippen LogP contribution in [0.25, 0.3) is 0 Å². The van der Waals surface area contributed by atoms with Gasteiger partial charge in [0.1, 0.15) is 5.76 Å². The van der Waals surface area contributed by atoms with Gasteiger partial charge in [0, 0.05) is 0 Å². The first-order chi connectivity index (χ1) is 7.65. The van der Waals surface area contributed by atoms with Gasteiger partial charge >= 0.3 is 0 Å². The van der Waals surface area contributed by atoms with E-state index in [9.17, 15) is 4.79 Å². The van der Waals surface area contributed by atoms with Gasteiger partial charge in [0.25, 0.3) is 5.91 Å². The van der Waals surface area contributed by atoms with Crippen molar-refractivity contribution in [1.29, 1.82) is 0 Å². The minimum atomic E-state index is -0.343. The van der Waals surface area contributed by atoms with Crippen molar-refractivity contribution < 1.29 is 9.21 Å². The predicted molar refractivity (Wildman–Crippen MR) is 56.7 cm³/mol. The molecule has 2 aromatic heterocycles. The van der Waals surface area contributed by atoms with Crippen LogP contribution in [0.4, 0.5) is 5.13 Å². The average Bonchev–Trinajstić information content (AvgIpc) is 2.84. The molecular formula is C8H9N5O2S. The van der Waals surface area contributed by atoms with Crippen molar-refractivity contribution in [3.8, 4) is 0 Å². The molecule has 7 nitrogen and oxygen atoms in total. The molecule has 0 radical (unpaired) electrons. The highest BCUT2D eigenvalue weighted by atomic mass is 32.1. The van der Waals surface area contributed by atoms with Gasteiger partial charge in [0.05, 0.1) is 12.7 Å². The molecule has 0 aliphatic carbocycles. The number of nitrogens with one attached hydrogen (secondary N) is 1. The SMILES string of the molecule is Cc1cnc(CNC(=O)c2nnc(N)s2)o1. The normalized spacial score (nSPS) is 10.3. The molecule has 0 aromatic carbocycles. The van der Waals surface area contributed by atoms with E-state index in [2.05, 4.69) is 20.5 Å². The Morgan fingerprint density at radius 3 is 3.00 bits per heavy atom. The van der Waals surface area contributed by atoms with Gasteiger partial charge in [-0.15, -0.1) is 10.2 Å². The van der Waals surface area contributed by atoms with Crippen molar-refractivity contribution in [1.82, 2.24) is 20.5 Å². The number of carbonyl (C=O) groups excluding carboxylic acids is 1. The summed E-state index contributed by atoms with van der Waals surface area (Å²) in [5.74, 6) is 0.804. The van der Waals surface area contributed by atoms with Crippen molar-refractivity contribution in [2.45, 2.75) is 13.5 Å².